The van der Waals surface area contributed by atoms with Crippen LogP contribution in [0.4, 0.5) is 0 Å². The molecule has 1 aromatic heterocycles. The average molecular weight is 299 g/mol. The van der Waals surface area contributed by atoms with Gasteiger partial charge in [0.15, 0.2) is 0 Å². The van der Waals surface area contributed by atoms with E-state index in [1.165, 1.54) is 38.5 Å². The summed E-state index contributed by atoms with van der Waals surface area (Å²) in [5.74, 6) is 6.62. The predicted molar refractivity (Wildman–Crippen MR) is 83.5 cm³/mol. The molecule has 4 nitrogen and oxygen atoms in total. The highest BCUT2D eigenvalue weighted by molar-refractivity contribution is 6.31. The van der Waals surface area contributed by atoms with E-state index >= 15 is 0 Å². The maximum Gasteiger partial charge on any atom is 0.0834 e. The summed E-state index contributed by atoms with van der Waals surface area (Å²) in [4.78, 5) is 0. The van der Waals surface area contributed by atoms with Gasteiger partial charge in [-0.3, -0.25) is 16.0 Å². The molecule has 2 rings (SSSR count). The minimum atomic E-state index is 0.0920. The molecule has 0 saturated heterocycles. The van der Waals surface area contributed by atoms with Crippen LogP contribution < -0.4 is 11.3 Å². The molecule has 1 saturated carbocycles. The van der Waals surface area contributed by atoms with E-state index in [0.717, 1.165) is 18.0 Å². The number of hydrogen-bond acceptors (Lipinski definition) is 3. The highest BCUT2D eigenvalue weighted by Crippen LogP contribution is 2.32. The fourth-order valence-electron chi connectivity index (χ4n) is 3.27. The first-order valence-electron chi connectivity index (χ1n) is 7.82. The van der Waals surface area contributed by atoms with E-state index < -0.39 is 0 Å². The van der Waals surface area contributed by atoms with Crippen LogP contribution in [0.5, 0.6) is 0 Å². The molecule has 1 aromatic rings. The van der Waals surface area contributed by atoms with Gasteiger partial charge in [0.1, 0.15) is 0 Å². The van der Waals surface area contributed by atoms with Gasteiger partial charge in [-0.25, -0.2) is 0 Å². The van der Waals surface area contributed by atoms with Crippen LogP contribution in [0.2, 0.25) is 5.02 Å². The van der Waals surface area contributed by atoms with Gasteiger partial charge < -0.3 is 0 Å². The lowest BCUT2D eigenvalue weighted by Gasteiger charge is -2.25. The van der Waals surface area contributed by atoms with Crippen molar-refractivity contribution >= 4 is 11.6 Å². The van der Waals surface area contributed by atoms with Crippen molar-refractivity contribution in [2.75, 3.05) is 0 Å². The molecule has 0 aliphatic heterocycles. The topological polar surface area (TPSA) is 55.9 Å². The Morgan fingerprint density at radius 1 is 1.40 bits per heavy atom. The van der Waals surface area contributed by atoms with Gasteiger partial charge in [0.05, 0.1) is 23.0 Å². The number of nitrogens with two attached hydrogens (primary N) is 1. The quantitative estimate of drug-likeness (QED) is 0.617. The Kier molecular flexibility index (Phi) is 5.87. The van der Waals surface area contributed by atoms with Gasteiger partial charge >= 0.3 is 0 Å². The third kappa shape index (κ3) is 3.74. The zero-order valence-electron chi connectivity index (χ0n) is 12.6. The standard InChI is InChI=1S/C15H27ClN4/c1-11(2)20-15(13(16)10-18-20)14(19-17)9-8-12-6-4-3-5-7-12/h10-12,14,19H,3-9,17H2,1-2H3. The summed E-state index contributed by atoms with van der Waals surface area (Å²) in [5, 5.41) is 5.08. The number of halogens is 1. The summed E-state index contributed by atoms with van der Waals surface area (Å²) < 4.78 is 1.98. The van der Waals surface area contributed by atoms with E-state index in [-0.39, 0.29) is 6.04 Å². The molecule has 3 N–H and O–H groups in total. The second-order valence-corrected chi connectivity index (χ2v) is 6.62. The molecule has 0 radical (unpaired) electrons. The lowest BCUT2D eigenvalue weighted by Crippen LogP contribution is -2.31. The van der Waals surface area contributed by atoms with Crippen LogP contribution in [0.15, 0.2) is 6.20 Å². The van der Waals surface area contributed by atoms with Gasteiger partial charge in [0, 0.05) is 6.04 Å². The molecular weight excluding hydrogens is 272 g/mol. The average Bonchev–Trinajstić information content (AvgIpc) is 2.83. The second-order valence-electron chi connectivity index (χ2n) is 6.22. The number of rotatable bonds is 6. The Bertz CT molecular complexity index is 410. The lowest BCUT2D eigenvalue weighted by molar-refractivity contribution is 0.309. The van der Waals surface area contributed by atoms with Crippen molar-refractivity contribution in [3.63, 3.8) is 0 Å². The summed E-state index contributed by atoms with van der Waals surface area (Å²) in [5.41, 5.74) is 3.96. The molecule has 0 spiro atoms. The minimum absolute atomic E-state index is 0.0920. The SMILES string of the molecule is CC(C)n1ncc(Cl)c1C(CCC1CCCCC1)NN. The van der Waals surface area contributed by atoms with Crippen molar-refractivity contribution in [2.45, 2.75) is 70.9 Å². The Morgan fingerprint density at radius 3 is 2.70 bits per heavy atom. The van der Waals surface area contributed by atoms with Crippen LogP contribution in [-0.2, 0) is 0 Å². The van der Waals surface area contributed by atoms with Crippen molar-refractivity contribution in [3.8, 4) is 0 Å². The van der Waals surface area contributed by atoms with Crippen LogP contribution in [0.25, 0.3) is 0 Å². The van der Waals surface area contributed by atoms with Crippen molar-refractivity contribution in [1.29, 1.82) is 0 Å². The first-order chi connectivity index (χ1) is 9.63. The monoisotopic (exact) mass is 298 g/mol. The van der Waals surface area contributed by atoms with Crippen LogP contribution in [0.3, 0.4) is 0 Å². The third-order valence-electron chi connectivity index (χ3n) is 4.40. The van der Waals surface area contributed by atoms with E-state index in [4.69, 9.17) is 17.4 Å². The molecule has 1 aliphatic carbocycles. The van der Waals surface area contributed by atoms with Gasteiger partial charge in [-0.1, -0.05) is 43.7 Å². The molecule has 1 heterocycles. The molecule has 1 fully saturated rings. The molecule has 0 amide bonds. The number of nitrogens with zero attached hydrogens (tertiary/aromatic N) is 2. The maximum absolute atomic E-state index is 6.31. The van der Waals surface area contributed by atoms with Crippen molar-refractivity contribution in [3.05, 3.63) is 16.9 Å². The fraction of sp³-hybridized carbons (Fsp3) is 0.800. The van der Waals surface area contributed by atoms with Gasteiger partial charge in [-0.2, -0.15) is 5.10 Å². The molecule has 114 valence electrons. The zero-order valence-corrected chi connectivity index (χ0v) is 13.4. The Balaban J connectivity index is 2.02. The summed E-state index contributed by atoms with van der Waals surface area (Å²) in [7, 11) is 0. The largest absolute Gasteiger partial charge is 0.271 e. The number of hydrazine groups is 1. The van der Waals surface area contributed by atoms with E-state index in [1.807, 2.05) is 4.68 Å². The number of aromatic nitrogens is 2. The molecule has 20 heavy (non-hydrogen) atoms. The van der Waals surface area contributed by atoms with Crippen molar-refractivity contribution < 1.29 is 0 Å². The predicted octanol–water partition coefficient (Wildman–Crippen LogP) is 3.98. The van der Waals surface area contributed by atoms with E-state index in [9.17, 15) is 0 Å². The van der Waals surface area contributed by atoms with Gasteiger partial charge in [0.25, 0.3) is 0 Å². The van der Waals surface area contributed by atoms with E-state index in [1.54, 1.807) is 6.20 Å². The molecule has 0 aromatic carbocycles. The minimum Gasteiger partial charge on any atom is -0.271 e. The Labute approximate surface area is 127 Å². The van der Waals surface area contributed by atoms with Crippen LogP contribution in [0, 0.1) is 5.92 Å². The van der Waals surface area contributed by atoms with E-state index in [0.29, 0.717) is 11.1 Å². The van der Waals surface area contributed by atoms with Gasteiger partial charge in [0.2, 0.25) is 0 Å². The van der Waals surface area contributed by atoms with Crippen molar-refractivity contribution in [1.82, 2.24) is 15.2 Å². The molecule has 1 atom stereocenters. The first-order valence-corrected chi connectivity index (χ1v) is 8.20. The summed E-state index contributed by atoms with van der Waals surface area (Å²) >= 11 is 6.31. The third-order valence-corrected chi connectivity index (χ3v) is 4.69. The molecule has 5 heteroatoms. The van der Waals surface area contributed by atoms with Gasteiger partial charge in [-0.05, 0) is 32.6 Å². The van der Waals surface area contributed by atoms with Gasteiger partial charge in [-0.15, -0.1) is 0 Å². The number of nitrogens with one attached hydrogen (secondary N) is 1. The summed E-state index contributed by atoms with van der Waals surface area (Å²) in [6.45, 7) is 4.23. The first kappa shape index (κ1) is 15.8. The van der Waals surface area contributed by atoms with Crippen molar-refractivity contribution in [2.24, 2.45) is 11.8 Å². The highest BCUT2D eigenvalue weighted by atomic mass is 35.5. The normalized spacial score (nSPS) is 18.6. The molecule has 1 aliphatic rings. The van der Waals surface area contributed by atoms with E-state index in [2.05, 4.69) is 24.4 Å². The van der Waals surface area contributed by atoms with Crippen LogP contribution in [0.1, 0.15) is 76.6 Å². The molecular formula is C15H27ClN4. The van der Waals surface area contributed by atoms with Crippen LogP contribution >= 0.6 is 11.6 Å². The zero-order chi connectivity index (χ0) is 14.5. The highest BCUT2D eigenvalue weighted by Gasteiger charge is 2.22. The summed E-state index contributed by atoms with van der Waals surface area (Å²) in [6, 6.07) is 0.386. The molecule has 1 unspecified atom stereocenters. The Morgan fingerprint density at radius 2 is 2.10 bits per heavy atom. The fourth-order valence-corrected chi connectivity index (χ4v) is 3.53. The summed E-state index contributed by atoms with van der Waals surface area (Å²) in [6.07, 6.45) is 10.9. The maximum atomic E-state index is 6.31. The lowest BCUT2D eigenvalue weighted by atomic mass is 9.85. The second kappa shape index (κ2) is 7.43. The Hall–Kier alpha value is -0.580. The van der Waals surface area contributed by atoms with Crippen LogP contribution in [-0.4, -0.2) is 9.78 Å². The number of hydrogen-bond donors (Lipinski definition) is 2. The smallest absolute Gasteiger partial charge is 0.0834 e. The molecule has 0 bridgehead atoms.